The molecule has 0 atom stereocenters. The maximum atomic E-state index is 10.7. The molecule has 1 saturated heterocycles. The number of non-ortho nitro benzene ring substituents is 1. The zero-order valence-corrected chi connectivity index (χ0v) is 11.3. The van der Waals surface area contributed by atoms with Crippen molar-refractivity contribution in [2.24, 2.45) is 5.92 Å². The molecule has 1 aliphatic heterocycles. The zero-order chi connectivity index (χ0) is 13.0. The minimum atomic E-state index is -0.352. The van der Waals surface area contributed by atoms with Crippen LogP contribution in [0.5, 0.6) is 0 Å². The van der Waals surface area contributed by atoms with Gasteiger partial charge in [0.05, 0.1) is 4.92 Å². The molecular formula is C13H18N2O2S. The molecule has 98 valence electrons. The Labute approximate surface area is 111 Å². The summed E-state index contributed by atoms with van der Waals surface area (Å²) in [6.45, 7) is 2.88. The van der Waals surface area contributed by atoms with E-state index in [4.69, 9.17) is 0 Å². The van der Waals surface area contributed by atoms with Gasteiger partial charge in [0.25, 0.3) is 5.69 Å². The number of nitrogens with zero attached hydrogens (tertiary/aromatic N) is 1. The molecule has 0 spiro atoms. The molecule has 0 aliphatic carbocycles. The summed E-state index contributed by atoms with van der Waals surface area (Å²) >= 11 is 2.03. The summed E-state index contributed by atoms with van der Waals surface area (Å²) in [6.07, 6.45) is 2.54. The van der Waals surface area contributed by atoms with Gasteiger partial charge in [-0.05, 0) is 48.8 Å². The molecular weight excluding hydrogens is 248 g/mol. The van der Waals surface area contributed by atoms with Crippen molar-refractivity contribution in [1.29, 1.82) is 0 Å². The van der Waals surface area contributed by atoms with Gasteiger partial charge in [-0.3, -0.25) is 10.1 Å². The summed E-state index contributed by atoms with van der Waals surface area (Å²) in [5.74, 6) is 3.25. The average Bonchev–Trinajstić information content (AvgIpc) is 2.38. The van der Waals surface area contributed by atoms with Crippen LogP contribution in [-0.2, 0) is 0 Å². The second kappa shape index (κ2) is 6.09. The third-order valence-corrected chi connectivity index (χ3v) is 4.39. The van der Waals surface area contributed by atoms with Crippen LogP contribution in [0, 0.1) is 23.0 Å². The molecule has 0 aromatic heterocycles. The van der Waals surface area contributed by atoms with E-state index in [9.17, 15) is 10.1 Å². The van der Waals surface area contributed by atoms with Crippen LogP contribution in [-0.4, -0.2) is 23.0 Å². The molecule has 0 amide bonds. The Morgan fingerprint density at radius 1 is 1.44 bits per heavy atom. The lowest BCUT2D eigenvalue weighted by molar-refractivity contribution is -0.384. The van der Waals surface area contributed by atoms with Crippen molar-refractivity contribution in [3.63, 3.8) is 0 Å². The molecule has 4 nitrogen and oxygen atoms in total. The number of nitro groups is 1. The molecule has 18 heavy (non-hydrogen) atoms. The number of thioether (sulfide) groups is 1. The van der Waals surface area contributed by atoms with Crippen LogP contribution in [0.1, 0.15) is 18.4 Å². The predicted octanol–water partition coefficient (Wildman–Crippen LogP) is 3.46. The summed E-state index contributed by atoms with van der Waals surface area (Å²) in [5.41, 5.74) is 2.11. The molecule has 1 aromatic carbocycles. The maximum absolute atomic E-state index is 10.7. The largest absolute Gasteiger partial charge is 0.385 e. The summed E-state index contributed by atoms with van der Waals surface area (Å²) in [7, 11) is 0. The van der Waals surface area contributed by atoms with Gasteiger partial charge in [-0.15, -0.1) is 0 Å². The maximum Gasteiger partial charge on any atom is 0.269 e. The summed E-state index contributed by atoms with van der Waals surface area (Å²) in [5, 5.41) is 14.1. The fraction of sp³-hybridized carbons (Fsp3) is 0.538. The predicted molar refractivity (Wildman–Crippen MR) is 76.4 cm³/mol. The second-order valence-electron chi connectivity index (χ2n) is 4.69. The zero-order valence-electron chi connectivity index (χ0n) is 10.5. The number of aryl methyl sites for hydroxylation is 1. The first-order chi connectivity index (χ1) is 8.66. The summed E-state index contributed by atoms with van der Waals surface area (Å²) in [6, 6.07) is 5.00. The monoisotopic (exact) mass is 266 g/mol. The topological polar surface area (TPSA) is 55.2 Å². The number of benzene rings is 1. The van der Waals surface area contributed by atoms with E-state index in [1.54, 1.807) is 12.1 Å². The summed E-state index contributed by atoms with van der Waals surface area (Å²) in [4.78, 5) is 10.3. The fourth-order valence-corrected chi connectivity index (χ4v) is 3.37. The number of nitrogens with one attached hydrogen (secondary N) is 1. The van der Waals surface area contributed by atoms with Crippen LogP contribution in [0.2, 0.25) is 0 Å². The standard InChI is InChI=1S/C13H18N2O2S/c1-10-8-12(15(16)17)2-3-13(10)14-9-11-4-6-18-7-5-11/h2-3,8,11,14H,4-7,9H2,1H3. The van der Waals surface area contributed by atoms with Gasteiger partial charge in [-0.2, -0.15) is 11.8 Å². The minimum absolute atomic E-state index is 0.159. The number of hydrogen-bond acceptors (Lipinski definition) is 4. The van der Waals surface area contributed by atoms with E-state index in [0.29, 0.717) is 0 Å². The molecule has 0 radical (unpaired) electrons. The van der Waals surface area contributed by atoms with E-state index in [1.807, 2.05) is 24.8 Å². The van der Waals surface area contributed by atoms with Crippen molar-refractivity contribution in [3.8, 4) is 0 Å². The Balaban J connectivity index is 1.94. The van der Waals surface area contributed by atoms with Crippen molar-refractivity contribution in [2.75, 3.05) is 23.4 Å². The Kier molecular flexibility index (Phi) is 4.47. The molecule has 1 aliphatic rings. The quantitative estimate of drug-likeness (QED) is 0.670. The van der Waals surface area contributed by atoms with Crippen molar-refractivity contribution in [3.05, 3.63) is 33.9 Å². The van der Waals surface area contributed by atoms with E-state index in [-0.39, 0.29) is 10.6 Å². The van der Waals surface area contributed by atoms with E-state index >= 15 is 0 Å². The number of rotatable bonds is 4. The Hall–Kier alpha value is -1.23. The van der Waals surface area contributed by atoms with Crippen LogP contribution >= 0.6 is 11.8 Å². The lowest BCUT2D eigenvalue weighted by atomic mass is 10.0. The molecule has 0 saturated carbocycles. The molecule has 1 N–H and O–H groups in total. The normalized spacial score (nSPS) is 16.5. The van der Waals surface area contributed by atoms with Crippen molar-refractivity contribution >= 4 is 23.1 Å². The second-order valence-corrected chi connectivity index (χ2v) is 5.92. The highest BCUT2D eigenvalue weighted by Crippen LogP contribution is 2.25. The van der Waals surface area contributed by atoms with Gasteiger partial charge in [0.2, 0.25) is 0 Å². The van der Waals surface area contributed by atoms with Gasteiger partial charge in [0.1, 0.15) is 0 Å². The lowest BCUT2D eigenvalue weighted by Gasteiger charge is -2.22. The van der Waals surface area contributed by atoms with Crippen LogP contribution in [0.3, 0.4) is 0 Å². The molecule has 0 bridgehead atoms. The van der Waals surface area contributed by atoms with Gasteiger partial charge in [-0.1, -0.05) is 0 Å². The van der Waals surface area contributed by atoms with Crippen LogP contribution in [0.25, 0.3) is 0 Å². The van der Waals surface area contributed by atoms with Crippen molar-refractivity contribution < 1.29 is 4.92 Å². The van der Waals surface area contributed by atoms with Crippen LogP contribution in [0.15, 0.2) is 18.2 Å². The fourth-order valence-electron chi connectivity index (χ4n) is 2.16. The number of nitro benzene ring substituents is 1. The first kappa shape index (κ1) is 13.2. The van der Waals surface area contributed by atoms with Gasteiger partial charge < -0.3 is 5.32 Å². The molecule has 5 heteroatoms. The molecule has 1 heterocycles. The highest BCUT2D eigenvalue weighted by molar-refractivity contribution is 7.99. The third-order valence-electron chi connectivity index (χ3n) is 3.34. The Morgan fingerprint density at radius 2 is 2.17 bits per heavy atom. The smallest absolute Gasteiger partial charge is 0.269 e. The van der Waals surface area contributed by atoms with Gasteiger partial charge >= 0.3 is 0 Å². The molecule has 0 unspecified atom stereocenters. The van der Waals surface area contributed by atoms with E-state index in [0.717, 1.165) is 23.7 Å². The van der Waals surface area contributed by atoms with Crippen molar-refractivity contribution in [2.45, 2.75) is 19.8 Å². The number of anilines is 1. The van der Waals surface area contributed by atoms with E-state index in [2.05, 4.69) is 5.32 Å². The van der Waals surface area contributed by atoms with Crippen LogP contribution in [0.4, 0.5) is 11.4 Å². The first-order valence-corrected chi connectivity index (χ1v) is 7.39. The Bertz CT molecular complexity index is 431. The van der Waals surface area contributed by atoms with Gasteiger partial charge in [-0.25, -0.2) is 0 Å². The highest BCUT2D eigenvalue weighted by Gasteiger charge is 2.14. The highest BCUT2D eigenvalue weighted by atomic mass is 32.2. The van der Waals surface area contributed by atoms with E-state index < -0.39 is 0 Å². The van der Waals surface area contributed by atoms with Gasteiger partial charge in [0.15, 0.2) is 0 Å². The van der Waals surface area contributed by atoms with Crippen molar-refractivity contribution in [1.82, 2.24) is 0 Å². The first-order valence-electron chi connectivity index (χ1n) is 6.23. The molecule has 2 rings (SSSR count). The van der Waals surface area contributed by atoms with Gasteiger partial charge in [0, 0.05) is 24.4 Å². The molecule has 1 fully saturated rings. The molecule has 1 aromatic rings. The number of hydrogen-bond donors (Lipinski definition) is 1. The van der Waals surface area contributed by atoms with E-state index in [1.165, 1.54) is 24.3 Å². The van der Waals surface area contributed by atoms with Crippen LogP contribution < -0.4 is 5.32 Å². The minimum Gasteiger partial charge on any atom is -0.385 e. The SMILES string of the molecule is Cc1cc([N+](=O)[O-])ccc1NCC1CCSCC1. The third kappa shape index (κ3) is 3.38. The average molecular weight is 266 g/mol. The summed E-state index contributed by atoms with van der Waals surface area (Å²) < 4.78 is 0. The lowest BCUT2D eigenvalue weighted by Crippen LogP contribution is -2.19. The Morgan fingerprint density at radius 3 is 2.78 bits per heavy atom.